The monoisotopic (exact) mass is 231 g/mol. The molecule has 3 heteroatoms. The molecule has 0 saturated heterocycles. The normalized spacial score (nSPS) is 11.9. The maximum absolute atomic E-state index is 9.20. The minimum Gasteiger partial charge on any atom is -0.391 e. The Labute approximate surface area is 98.1 Å². The van der Waals surface area contributed by atoms with Crippen LogP contribution in [0.1, 0.15) is 5.69 Å². The average Bonchev–Trinajstić information content (AvgIpc) is 2.24. The van der Waals surface area contributed by atoms with Crippen molar-refractivity contribution in [1.29, 1.82) is 0 Å². The van der Waals surface area contributed by atoms with E-state index in [9.17, 15) is 5.11 Å². The van der Waals surface area contributed by atoms with E-state index in [1.165, 1.54) is 0 Å². The van der Waals surface area contributed by atoms with Gasteiger partial charge in [-0.05, 0) is 18.2 Å². The Bertz CT molecular complexity index is 421. The Morgan fingerprint density at radius 3 is 2.69 bits per heavy atom. The topological polar surface area (TPSA) is 33.1 Å². The summed E-state index contributed by atoms with van der Waals surface area (Å²) >= 11 is 0. The van der Waals surface area contributed by atoms with Gasteiger partial charge in [0.25, 0.3) is 0 Å². The second-order valence-corrected chi connectivity index (χ2v) is 9.33. The van der Waals surface area contributed by atoms with Gasteiger partial charge in [-0.2, -0.15) is 0 Å². The lowest BCUT2D eigenvalue weighted by atomic mass is 10.2. The van der Waals surface area contributed by atoms with Gasteiger partial charge >= 0.3 is 0 Å². The van der Waals surface area contributed by atoms with Crippen LogP contribution in [0.25, 0.3) is 6.08 Å². The molecule has 2 nitrogen and oxygen atoms in total. The quantitative estimate of drug-likeness (QED) is 0.626. The summed E-state index contributed by atoms with van der Waals surface area (Å²) in [5, 5.41) is 9.20. The van der Waals surface area contributed by atoms with Crippen LogP contribution in [-0.2, 0) is 0 Å². The van der Waals surface area contributed by atoms with Crippen LogP contribution in [0.2, 0.25) is 19.6 Å². The van der Waals surface area contributed by atoms with Crippen molar-refractivity contribution in [2.24, 2.45) is 0 Å². The number of rotatable bonds is 2. The summed E-state index contributed by atoms with van der Waals surface area (Å²) < 4.78 is 0. The summed E-state index contributed by atoms with van der Waals surface area (Å²) in [7, 11) is -1.39. The van der Waals surface area contributed by atoms with E-state index >= 15 is 0 Å². The Kier molecular flexibility index (Phi) is 4.48. The van der Waals surface area contributed by atoms with Crippen LogP contribution in [0.15, 0.2) is 30.0 Å². The molecule has 0 amide bonds. The molecule has 16 heavy (non-hydrogen) atoms. The van der Waals surface area contributed by atoms with Gasteiger partial charge in [-0.1, -0.05) is 31.6 Å². The summed E-state index contributed by atoms with van der Waals surface area (Å²) in [6.45, 7) is 6.50. The molecule has 1 rings (SSSR count). The second-order valence-electron chi connectivity index (χ2n) is 4.58. The molecule has 0 unspecified atom stereocenters. The fourth-order valence-corrected chi connectivity index (χ4v) is 1.56. The van der Waals surface area contributed by atoms with E-state index in [2.05, 4.69) is 36.1 Å². The molecular weight excluding hydrogens is 214 g/mol. The third-order valence-corrected chi connectivity index (χ3v) is 2.65. The number of aromatic nitrogens is 1. The van der Waals surface area contributed by atoms with Crippen molar-refractivity contribution in [3.63, 3.8) is 0 Å². The fraction of sp³-hybridized carbons (Fsp3) is 0.308. The molecule has 1 aromatic heterocycles. The molecule has 0 saturated carbocycles. The van der Waals surface area contributed by atoms with Gasteiger partial charge in [0.15, 0.2) is 0 Å². The van der Waals surface area contributed by atoms with Crippen molar-refractivity contribution < 1.29 is 5.11 Å². The van der Waals surface area contributed by atoms with Gasteiger partial charge in [0.2, 0.25) is 0 Å². The van der Waals surface area contributed by atoms with Gasteiger partial charge in [-0.3, -0.25) is 4.98 Å². The number of hydrogen-bond acceptors (Lipinski definition) is 2. The molecule has 0 aliphatic rings. The number of aliphatic hydroxyl groups excluding tert-OH is 1. The lowest BCUT2D eigenvalue weighted by Crippen LogP contribution is -2.16. The zero-order chi connectivity index (χ0) is 12.0. The smallest absolute Gasteiger partial charge is 0.129 e. The van der Waals surface area contributed by atoms with Crippen LogP contribution < -0.4 is 0 Å². The Hall–Kier alpha value is -1.37. The molecule has 0 aliphatic carbocycles. The lowest BCUT2D eigenvalue weighted by Gasteiger charge is -2.03. The third kappa shape index (κ3) is 4.92. The van der Waals surface area contributed by atoms with Gasteiger partial charge in [-0.15, -0.1) is 5.54 Å². The van der Waals surface area contributed by atoms with E-state index < -0.39 is 8.07 Å². The van der Waals surface area contributed by atoms with Crippen LogP contribution in [0.3, 0.4) is 0 Å². The van der Waals surface area contributed by atoms with E-state index in [-0.39, 0.29) is 6.61 Å². The highest BCUT2D eigenvalue weighted by Crippen LogP contribution is 2.03. The molecule has 1 heterocycles. The van der Waals surface area contributed by atoms with E-state index in [0.717, 1.165) is 11.3 Å². The van der Waals surface area contributed by atoms with Crippen LogP contribution >= 0.6 is 0 Å². The zero-order valence-corrected chi connectivity index (χ0v) is 11.0. The van der Waals surface area contributed by atoms with Crippen molar-refractivity contribution in [3.8, 4) is 11.5 Å². The van der Waals surface area contributed by atoms with Gasteiger partial charge < -0.3 is 5.11 Å². The Morgan fingerprint density at radius 2 is 2.19 bits per heavy atom. The van der Waals surface area contributed by atoms with E-state index in [0.29, 0.717) is 0 Å². The van der Waals surface area contributed by atoms with Crippen LogP contribution in [0.4, 0.5) is 0 Å². The average molecular weight is 231 g/mol. The highest BCUT2D eigenvalue weighted by atomic mass is 28.3. The second kappa shape index (κ2) is 5.64. The lowest BCUT2D eigenvalue weighted by molar-refractivity contribution is 0.337. The van der Waals surface area contributed by atoms with Crippen LogP contribution in [-0.4, -0.2) is 24.8 Å². The molecular formula is C13H17NOSi. The molecule has 0 spiro atoms. The summed E-state index contributed by atoms with van der Waals surface area (Å²) in [5.74, 6) is 3.04. The summed E-state index contributed by atoms with van der Waals surface area (Å²) in [5.41, 5.74) is 4.78. The summed E-state index contributed by atoms with van der Waals surface area (Å²) in [6.07, 6.45) is 3.56. The molecule has 84 valence electrons. The first kappa shape index (κ1) is 12.7. The van der Waals surface area contributed by atoms with E-state index in [4.69, 9.17) is 0 Å². The van der Waals surface area contributed by atoms with Crippen LogP contribution in [0.5, 0.6) is 0 Å². The predicted molar refractivity (Wildman–Crippen MR) is 70.4 cm³/mol. The van der Waals surface area contributed by atoms with E-state index in [1.807, 2.05) is 24.3 Å². The summed E-state index contributed by atoms with van der Waals surface area (Å²) in [4.78, 5) is 4.17. The van der Waals surface area contributed by atoms with Crippen molar-refractivity contribution in [2.75, 3.05) is 6.61 Å². The highest BCUT2D eigenvalue weighted by Gasteiger charge is 2.07. The maximum atomic E-state index is 9.20. The van der Waals surface area contributed by atoms with Crippen molar-refractivity contribution in [1.82, 2.24) is 4.98 Å². The molecule has 0 bridgehead atoms. The van der Waals surface area contributed by atoms with Gasteiger partial charge in [0.05, 0.1) is 12.3 Å². The number of aliphatic hydroxyl groups is 1. The standard InChI is InChI=1S/C13H17NOSi/c1-16(2,3)9-7-12(11-15)10-13-6-4-5-8-14-13/h4-6,8,10,15H,11H2,1-3H3/b12-10-. The first-order valence-electron chi connectivity index (χ1n) is 5.27. The van der Waals surface area contributed by atoms with Crippen molar-refractivity contribution in [3.05, 3.63) is 35.7 Å². The minimum atomic E-state index is -1.39. The van der Waals surface area contributed by atoms with E-state index in [1.54, 1.807) is 6.20 Å². The molecule has 1 N–H and O–H groups in total. The molecule has 0 atom stereocenters. The maximum Gasteiger partial charge on any atom is 0.129 e. The van der Waals surface area contributed by atoms with Gasteiger partial charge in [0.1, 0.15) is 8.07 Å². The summed E-state index contributed by atoms with van der Waals surface area (Å²) in [6, 6.07) is 5.68. The molecule has 0 aliphatic heterocycles. The number of hydrogen-bond donors (Lipinski definition) is 1. The third-order valence-electron chi connectivity index (χ3n) is 1.78. The van der Waals surface area contributed by atoms with Gasteiger partial charge in [0, 0.05) is 11.8 Å². The molecule has 0 radical (unpaired) electrons. The first-order valence-corrected chi connectivity index (χ1v) is 8.77. The molecule has 0 fully saturated rings. The van der Waals surface area contributed by atoms with Gasteiger partial charge in [-0.25, -0.2) is 0 Å². The number of pyridine rings is 1. The highest BCUT2D eigenvalue weighted by molar-refractivity contribution is 6.83. The van der Waals surface area contributed by atoms with Crippen LogP contribution in [0, 0.1) is 11.5 Å². The Morgan fingerprint density at radius 1 is 1.44 bits per heavy atom. The molecule has 0 aromatic carbocycles. The largest absolute Gasteiger partial charge is 0.391 e. The predicted octanol–water partition coefficient (Wildman–Crippen LogP) is 2.34. The van der Waals surface area contributed by atoms with Crippen molar-refractivity contribution >= 4 is 14.1 Å². The number of nitrogens with zero attached hydrogens (tertiary/aromatic N) is 1. The SMILES string of the molecule is C[Si](C)(C)C#C/C(=C/c1ccccn1)CO. The zero-order valence-electron chi connectivity index (χ0n) is 9.99. The molecule has 1 aromatic rings. The van der Waals surface area contributed by atoms with Crippen molar-refractivity contribution in [2.45, 2.75) is 19.6 Å². The minimum absolute atomic E-state index is 0.0337. The first-order chi connectivity index (χ1) is 7.51. The fourth-order valence-electron chi connectivity index (χ4n) is 1.03. The Balaban J connectivity index is 2.90.